The molecule has 0 bridgehead atoms. The normalized spacial score (nSPS) is 17.4. The number of hydrogen-bond donors (Lipinski definition) is 7. The minimum atomic E-state index is -0.880. The first-order valence-electron chi connectivity index (χ1n) is 43.6. The lowest BCUT2D eigenvalue weighted by Crippen LogP contribution is -2.47. The number of carbonyl (C=O) groups excluding carboxylic acids is 4. The number of benzene rings is 6. The molecule has 8 atom stereocenters. The number of hydrogen-bond acceptors (Lipinski definition) is 18. The highest BCUT2D eigenvalue weighted by molar-refractivity contribution is 5.78. The van der Waals surface area contributed by atoms with Crippen LogP contribution in [0.15, 0.2) is 140 Å². The maximum Gasteiger partial charge on any atom is 0.223 e. The van der Waals surface area contributed by atoms with Gasteiger partial charge in [0, 0.05) is 84.3 Å². The highest BCUT2D eigenvalue weighted by Crippen LogP contribution is 2.37. The molecule has 4 fully saturated rings. The van der Waals surface area contributed by atoms with Crippen LogP contribution in [0.2, 0.25) is 0 Å². The van der Waals surface area contributed by atoms with E-state index in [0.29, 0.717) is 119 Å². The van der Waals surface area contributed by atoms with E-state index in [1.165, 1.54) is 89.2 Å². The van der Waals surface area contributed by atoms with Gasteiger partial charge in [-0.05, 0) is 212 Å². The van der Waals surface area contributed by atoms with Crippen molar-refractivity contribution < 1.29 is 67.7 Å². The molecule has 0 saturated carbocycles. The van der Waals surface area contributed by atoms with E-state index in [1.807, 2.05) is 135 Å². The maximum absolute atomic E-state index is 13.4. The van der Waals surface area contributed by atoms with Crippen LogP contribution in [0, 0.1) is 5.82 Å². The predicted molar refractivity (Wildman–Crippen MR) is 460 cm³/mol. The fourth-order valence-corrected chi connectivity index (χ4v) is 16.2. The number of aliphatic hydroxyl groups excluding tert-OH is 4. The second-order valence-corrected chi connectivity index (χ2v) is 32.4. The Balaban J connectivity index is 0.000000178. The van der Waals surface area contributed by atoms with Crippen LogP contribution in [-0.2, 0) is 32.0 Å². The molecule has 4 amide bonds. The summed E-state index contributed by atoms with van der Waals surface area (Å²) in [5.41, 5.74) is 5.99. The number of fused-ring (bicyclic) bond motifs is 2. The Morgan fingerprint density at radius 1 is 0.427 bits per heavy atom. The molecular formula is C94H136FN9O13. The molecular weight excluding hydrogens is 1480 g/mol. The first kappa shape index (κ1) is 92.5. The van der Waals surface area contributed by atoms with E-state index >= 15 is 0 Å². The third-order valence-corrected chi connectivity index (χ3v) is 23.1. The number of carbonyl (C=O) groups is 4. The Labute approximate surface area is 696 Å². The van der Waals surface area contributed by atoms with Gasteiger partial charge in [0.15, 0.2) is 23.0 Å². The number of rotatable bonds is 40. The minimum Gasteiger partial charge on any atom is -0.496 e. The molecule has 4 saturated heterocycles. The molecule has 6 heterocycles. The summed E-state index contributed by atoms with van der Waals surface area (Å²) in [6.07, 6.45) is 20.3. The van der Waals surface area contributed by atoms with Gasteiger partial charge in [-0.1, -0.05) is 150 Å². The minimum absolute atomic E-state index is 0.0321. The Bertz CT molecular complexity index is 3890. The second-order valence-electron chi connectivity index (χ2n) is 32.4. The number of nitrogens with one attached hydrogen (secondary N) is 3. The molecule has 0 unspecified atom stereocenters. The van der Waals surface area contributed by atoms with Crippen molar-refractivity contribution in [2.24, 2.45) is 0 Å². The van der Waals surface area contributed by atoms with Crippen molar-refractivity contribution in [3.05, 3.63) is 179 Å². The lowest BCUT2D eigenvalue weighted by Gasteiger charge is -2.35. The number of methoxy groups -OCH3 is 1. The molecule has 7 N–H and O–H groups in total. The zero-order chi connectivity index (χ0) is 83.1. The summed E-state index contributed by atoms with van der Waals surface area (Å²) < 4.78 is 41.3. The molecule has 117 heavy (non-hydrogen) atoms. The lowest BCUT2D eigenvalue weighted by molar-refractivity contribution is -0.135. The molecule has 6 aliphatic rings. The largest absolute Gasteiger partial charge is 0.496 e. The van der Waals surface area contributed by atoms with Gasteiger partial charge in [-0.3, -0.25) is 19.2 Å². The number of ether oxygens (including phenoxy) is 5. The Morgan fingerprint density at radius 3 is 1.33 bits per heavy atom. The van der Waals surface area contributed by atoms with Crippen LogP contribution >= 0.6 is 0 Å². The molecule has 642 valence electrons. The summed E-state index contributed by atoms with van der Waals surface area (Å²) >= 11 is 0. The fourth-order valence-electron chi connectivity index (χ4n) is 16.2. The molecule has 22 nitrogen and oxygen atoms in total. The van der Waals surface area contributed by atoms with Gasteiger partial charge in [-0.25, -0.2) is 4.39 Å². The van der Waals surface area contributed by atoms with Crippen molar-refractivity contribution in [1.29, 1.82) is 0 Å². The van der Waals surface area contributed by atoms with Crippen molar-refractivity contribution in [2.45, 2.75) is 217 Å². The Kier molecular flexibility index (Phi) is 39.9. The molecule has 23 heteroatoms. The van der Waals surface area contributed by atoms with Crippen LogP contribution in [0.1, 0.15) is 213 Å². The van der Waals surface area contributed by atoms with Gasteiger partial charge in [0.2, 0.25) is 23.6 Å². The summed E-state index contributed by atoms with van der Waals surface area (Å²) in [5.74, 6) is 2.95. The van der Waals surface area contributed by atoms with Gasteiger partial charge in [0.1, 0.15) is 62.4 Å². The smallest absolute Gasteiger partial charge is 0.223 e. The summed E-state index contributed by atoms with van der Waals surface area (Å²) in [5, 5.41) is 53.8. The molecule has 6 aromatic carbocycles. The Morgan fingerprint density at radius 2 is 0.846 bits per heavy atom. The lowest BCUT2D eigenvalue weighted by atomic mass is 9.99. The number of aryl methyl sites for hydroxylation is 2. The number of aliphatic hydroxyl groups is 4. The number of amides is 4. The van der Waals surface area contributed by atoms with Crippen molar-refractivity contribution in [2.75, 3.05) is 138 Å². The summed E-state index contributed by atoms with van der Waals surface area (Å²) in [7, 11) is 7.41. The molecule has 0 spiro atoms. The van der Waals surface area contributed by atoms with E-state index in [0.717, 1.165) is 124 Å². The molecule has 0 aromatic heterocycles. The molecule has 0 radical (unpaired) electrons. The van der Waals surface area contributed by atoms with Crippen LogP contribution in [0.4, 0.5) is 10.1 Å². The van der Waals surface area contributed by atoms with E-state index in [1.54, 1.807) is 30.2 Å². The van der Waals surface area contributed by atoms with E-state index in [9.17, 15) is 44.0 Å². The molecule has 6 aliphatic heterocycles. The van der Waals surface area contributed by atoms with Crippen LogP contribution in [0.3, 0.4) is 0 Å². The van der Waals surface area contributed by atoms with Crippen molar-refractivity contribution in [3.63, 3.8) is 0 Å². The van der Waals surface area contributed by atoms with Gasteiger partial charge in [0.25, 0.3) is 0 Å². The average molecular weight is 1620 g/mol. The van der Waals surface area contributed by atoms with Crippen molar-refractivity contribution >= 4 is 29.3 Å². The third kappa shape index (κ3) is 31.0. The van der Waals surface area contributed by atoms with Gasteiger partial charge >= 0.3 is 0 Å². The number of halogens is 1. The van der Waals surface area contributed by atoms with Crippen LogP contribution < -0.4 is 44.5 Å². The highest BCUT2D eigenvalue weighted by atomic mass is 19.1. The van der Waals surface area contributed by atoms with E-state index in [-0.39, 0.29) is 54.0 Å². The average Bonchev–Trinajstić information content (AvgIpc) is 1.59. The first-order valence-corrected chi connectivity index (χ1v) is 43.6. The third-order valence-electron chi connectivity index (χ3n) is 23.1. The highest BCUT2D eigenvalue weighted by Gasteiger charge is 2.34. The topological polar surface area (TPSA) is 251 Å². The second kappa shape index (κ2) is 50.5. The van der Waals surface area contributed by atoms with Crippen LogP contribution in [0.25, 0.3) is 0 Å². The van der Waals surface area contributed by atoms with Crippen LogP contribution in [0.5, 0.6) is 28.7 Å². The van der Waals surface area contributed by atoms with Gasteiger partial charge < -0.3 is 89.5 Å². The van der Waals surface area contributed by atoms with Gasteiger partial charge in [-0.2, -0.15) is 0 Å². The zero-order valence-electron chi connectivity index (χ0n) is 70.7. The summed E-state index contributed by atoms with van der Waals surface area (Å²) in [4.78, 5) is 63.8. The summed E-state index contributed by atoms with van der Waals surface area (Å²) in [6.45, 7) is 17.1. The molecule has 0 aliphatic carbocycles. The van der Waals surface area contributed by atoms with E-state index in [2.05, 4.69) is 49.4 Å². The van der Waals surface area contributed by atoms with E-state index < -0.39 is 30.5 Å². The zero-order valence-corrected chi connectivity index (χ0v) is 70.7. The quantitative estimate of drug-likeness (QED) is 0.0177. The maximum atomic E-state index is 13.4. The van der Waals surface area contributed by atoms with Crippen LogP contribution in [-0.4, -0.2) is 226 Å². The molecule has 6 aromatic rings. The number of unbranched alkanes of at least 4 members (excludes halogenated alkanes) is 8. The number of likely N-dealkylation sites (tertiary alicyclic amines) is 4. The predicted octanol–water partition coefficient (Wildman–Crippen LogP) is 13.3. The van der Waals surface area contributed by atoms with Gasteiger partial charge in [0.05, 0.1) is 31.3 Å². The number of nitrogens with zero attached hydrogens (tertiary/aromatic N) is 6. The Hall–Kier alpha value is -8.39. The van der Waals surface area contributed by atoms with Crippen molar-refractivity contribution in [3.8, 4) is 28.7 Å². The first-order chi connectivity index (χ1) is 56.9. The number of para-hydroxylation sites is 1. The summed E-state index contributed by atoms with van der Waals surface area (Å²) in [6, 6.07) is 41.3. The van der Waals surface area contributed by atoms with Gasteiger partial charge in [-0.15, -0.1) is 0 Å². The SMILES string of the molecule is CCCCCCCC(=O)N[C@H](CN1CCCC1)[C@H](O)c1cccc(N(C)C)c1.CCCCCCCC(=O)N[C@H](CN1CCCC1)[C@H](O)c1ccccc1OC.CN(C(=O)CCc1ccccc1)[C@H](CN1CCCC1)[C@H](O)c1ccc2c(c1)OCCO2.O=C(CCc1cccc(F)c1)N[C@H](CN1CCCC1)[C@H](O)c1ccc2c(c1)OCCO2. The standard InChI is InChI=1S/C25H32N2O4.C24H29FN2O4.C23H39N3O2.C22H36N2O3/c1-26(24(28)12-9-19-7-3-2-4-8-19)21(18-27-13-5-6-14-27)25(29)20-10-11-22-23(17-20)31-16-15-30-22;25-19-5-3-4-17(14-19)6-9-23(28)26-20(16-27-10-1-2-11-27)24(29)18-7-8-21-22(15-18)31-13-12-30-21;1-4-5-6-7-8-14-22(27)24-21(18-26-15-9-10-16-26)23(28)19-12-11-13-20(17-19)25(2)3;1-3-4-5-6-7-14-21(25)23-19(17-24-15-10-11-16-24)22(26)18-12-8-9-13-20(18)27-2/h2-4,7-8,10-11,17,21,25,29H,5-6,9,12-16,18H2,1H3;3-5,7-8,14-15,20,24,29H,1-2,6,9-13,16H2,(H,26,28);11-13,17,21,23,28H,4-10,14-16,18H2,1-3H3,(H,24,27);8-9,12-13,19,22,26H,3-7,10-11,14-17H2,1-2H3,(H,23,25)/t21-,25-;20-,24-;21-,23-;19-,22-/m1111/s1. The molecule has 12 rings (SSSR count). The monoisotopic (exact) mass is 1620 g/mol. The number of anilines is 1. The number of likely N-dealkylation sites (N-methyl/N-ethyl adjacent to an activating group) is 1. The fraction of sp³-hybridized carbons (Fsp3) is 0.574. The van der Waals surface area contributed by atoms with E-state index in [4.69, 9.17) is 23.7 Å². The van der Waals surface area contributed by atoms with Crippen molar-refractivity contribution in [1.82, 2.24) is 40.4 Å².